The first-order chi connectivity index (χ1) is 13.2. The van der Waals surface area contributed by atoms with Crippen LogP contribution < -0.4 is 10.6 Å². The molecule has 1 aliphatic heterocycles. The van der Waals surface area contributed by atoms with E-state index in [0.717, 1.165) is 24.1 Å². The van der Waals surface area contributed by atoms with E-state index in [9.17, 15) is 13.5 Å². The van der Waals surface area contributed by atoms with Gasteiger partial charge in [-0.25, -0.2) is 8.42 Å². The second-order valence-electron chi connectivity index (χ2n) is 8.51. The van der Waals surface area contributed by atoms with Crippen LogP contribution in [0.15, 0.2) is 47.4 Å². The van der Waals surface area contributed by atoms with Crippen molar-refractivity contribution in [1.82, 2.24) is 0 Å². The fraction of sp³-hybridized carbons (Fsp3) is 0.455. The minimum atomic E-state index is -3.50. The molecule has 28 heavy (non-hydrogen) atoms. The first-order valence-electron chi connectivity index (χ1n) is 9.77. The molecule has 0 unspecified atom stereocenters. The Kier molecular flexibility index (Phi) is 4.47. The second-order valence-corrected chi connectivity index (χ2v) is 10.5. The van der Waals surface area contributed by atoms with Crippen LogP contribution >= 0.6 is 0 Å². The van der Waals surface area contributed by atoms with Gasteiger partial charge in [-0.05, 0) is 53.8 Å². The maximum absolute atomic E-state index is 13.3. The predicted octanol–water partition coefficient (Wildman–Crippen LogP) is 3.03. The monoisotopic (exact) mass is 400 g/mol. The van der Waals surface area contributed by atoms with Crippen molar-refractivity contribution in [2.45, 2.75) is 36.7 Å². The van der Waals surface area contributed by atoms with Gasteiger partial charge in [-0.2, -0.15) is 0 Å². The highest BCUT2D eigenvalue weighted by atomic mass is 32.2. The standard InChI is InChI=1S/C22H28N2O3S/c1-4-15-12-22(15)13-28(26,27)19-9-8-17(24(2)3)11-18(19)20(21(22)25)14-6-5-7-16(23)10-14/h5-11,15,20-21,25H,4,12-13,23H2,1-3H3/t15-,20+,21+,22+/m1/s1. The number of hydrogen-bond donors (Lipinski definition) is 2. The highest BCUT2D eigenvalue weighted by Gasteiger charge is 2.63. The van der Waals surface area contributed by atoms with Crippen molar-refractivity contribution in [3.63, 3.8) is 0 Å². The van der Waals surface area contributed by atoms with Gasteiger partial charge in [-0.3, -0.25) is 0 Å². The molecule has 1 aliphatic carbocycles. The average Bonchev–Trinajstić information content (AvgIpc) is 3.35. The number of sulfone groups is 1. The molecule has 2 aromatic carbocycles. The summed E-state index contributed by atoms with van der Waals surface area (Å²) in [7, 11) is 0.347. The second kappa shape index (κ2) is 6.49. The molecule has 2 aromatic rings. The van der Waals surface area contributed by atoms with Crippen molar-refractivity contribution in [2.24, 2.45) is 11.3 Å². The molecule has 4 atom stereocenters. The Morgan fingerprint density at radius 1 is 1.21 bits per heavy atom. The number of rotatable bonds is 3. The Hall–Kier alpha value is -2.05. The highest BCUT2D eigenvalue weighted by molar-refractivity contribution is 7.91. The Morgan fingerprint density at radius 3 is 2.57 bits per heavy atom. The summed E-state index contributed by atoms with van der Waals surface area (Å²) >= 11 is 0. The van der Waals surface area contributed by atoms with E-state index in [0.29, 0.717) is 16.1 Å². The summed E-state index contributed by atoms with van der Waals surface area (Å²) in [6.45, 7) is 2.07. The highest BCUT2D eigenvalue weighted by Crippen LogP contribution is 2.63. The first-order valence-corrected chi connectivity index (χ1v) is 11.4. The molecule has 0 amide bonds. The predicted molar refractivity (Wildman–Crippen MR) is 112 cm³/mol. The fourth-order valence-electron chi connectivity index (χ4n) is 4.96. The molecular formula is C22H28N2O3S. The van der Waals surface area contributed by atoms with E-state index >= 15 is 0 Å². The molecule has 0 aromatic heterocycles. The maximum Gasteiger partial charge on any atom is 0.179 e. The van der Waals surface area contributed by atoms with E-state index < -0.39 is 27.3 Å². The van der Waals surface area contributed by atoms with Gasteiger partial charge >= 0.3 is 0 Å². The lowest BCUT2D eigenvalue weighted by atomic mass is 9.78. The molecule has 2 aliphatic rings. The third kappa shape index (κ3) is 2.90. The molecule has 0 radical (unpaired) electrons. The Balaban J connectivity index is 1.99. The molecule has 1 saturated carbocycles. The van der Waals surface area contributed by atoms with E-state index in [1.807, 2.05) is 55.4 Å². The summed E-state index contributed by atoms with van der Waals surface area (Å²) in [4.78, 5) is 2.28. The molecule has 1 spiro atoms. The summed E-state index contributed by atoms with van der Waals surface area (Å²) in [6.07, 6.45) is 0.847. The molecule has 0 saturated heterocycles. The third-order valence-corrected chi connectivity index (χ3v) is 8.54. The van der Waals surface area contributed by atoms with Crippen LogP contribution in [0.1, 0.15) is 36.8 Å². The molecule has 5 nitrogen and oxygen atoms in total. The van der Waals surface area contributed by atoms with Gasteiger partial charge in [0.05, 0.1) is 16.8 Å². The summed E-state index contributed by atoms with van der Waals surface area (Å²) in [5, 5.41) is 11.6. The van der Waals surface area contributed by atoms with Crippen molar-refractivity contribution in [3.8, 4) is 0 Å². The van der Waals surface area contributed by atoms with Crippen LogP contribution in [0.4, 0.5) is 11.4 Å². The topological polar surface area (TPSA) is 83.6 Å². The SMILES string of the molecule is CC[C@@H]1C[C@]12CS(=O)(=O)c1ccc(N(C)C)cc1[C@H](c1cccc(N)c1)[C@@H]2O. The quantitative estimate of drug-likeness (QED) is 0.774. The number of anilines is 2. The number of nitrogens with zero attached hydrogens (tertiary/aromatic N) is 1. The summed E-state index contributed by atoms with van der Waals surface area (Å²) in [6, 6.07) is 12.9. The first kappa shape index (κ1) is 19.3. The molecular weight excluding hydrogens is 372 g/mol. The number of hydrogen-bond acceptors (Lipinski definition) is 5. The Bertz CT molecular complexity index is 1020. The average molecular weight is 401 g/mol. The van der Waals surface area contributed by atoms with Crippen molar-refractivity contribution in [2.75, 3.05) is 30.5 Å². The molecule has 1 fully saturated rings. The minimum Gasteiger partial charge on any atom is -0.399 e. The number of aliphatic hydroxyl groups is 1. The largest absolute Gasteiger partial charge is 0.399 e. The zero-order valence-corrected chi connectivity index (χ0v) is 17.4. The number of benzene rings is 2. The van der Waals surface area contributed by atoms with Crippen LogP contribution in [0.5, 0.6) is 0 Å². The fourth-order valence-corrected chi connectivity index (χ4v) is 7.17. The van der Waals surface area contributed by atoms with Gasteiger partial charge in [0, 0.05) is 36.8 Å². The number of aliphatic hydroxyl groups excluding tert-OH is 1. The van der Waals surface area contributed by atoms with Crippen molar-refractivity contribution >= 4 is 21.2 Å². The van der Waals surface area contributed by atoms with Crippen LogP contribution in [-0.2, 0) is 9.84 Å². The lowest BCUT2D eigenvalue weighted by molar-refractivity contribution is 0.0798. The van der Waals surface area contributed by atoms with Gasteiger partial charge in [0.15, 0.2) is 9.84 Å². The summed E-state index contributed by atoms with van der Waals surface area (Å²) in [5.41, 5.74) is 8.50. The number of fused-ring (bicyclic) bond motifs is 1. The normalized spacial score (nSPS) is 30.5. The van der Waals surface area contributed by atoms with Gasteiger partial charge in [-0.1, -0.05) is 25.5 Å². The number of nitrogen functional groups attached to an aromatic ring is 1. The molecule has 150 valence electrons. The van der Waals surface area contributed by atoms with Gasteiger partial charge < -0.3 is 15.7 Å². The summed E-state index contributed by atoms with van der Waals surface area (Å²) in [5.74, 6) is -0.192. The molecule has 6 heteroatoms. The summed E-state index contributed by atoms with van der Waals surface area (Å²) < 4.78 is 26.7. The minimum absolute atomic E-state index is 0.00675. The lowest BCUT2D eigenvalue weighted by Crippen LogP contribution is -2.33. The van der Waals surface area contributed by atoms with Crippen LogP contribution in [-0.4, -0.2) is 39.5 Å². The molecule has 0 bridgehead atoms. The van der Waals surface area contributed by atoms with Crippen molar-refractivity contribution in [1.29, 1.82) is 0 Å². The van der Waals surface area contributed by atoms with Gasteiger partial charge in [0.25, 0.3) is 0 Å². The van der Waals surface area contributed by atoms with E-state index in [-0.39, 0.29) is 11.7 Å². The Labute approximate surface area is 167 Å². The van der Waals surface area contributed by atoms with Crippen molar-refractivity contribution < 1.29 is 13.5 Å². The van der Waals surface area contributed by atoms with Crippen molar-refractivity contribution in [3.05, 3.63) is 53.6 Å². The van der Waals surface area contributed by atoms with E-state index in [1.165, 1.54) is 0 Å². The zero-order valence-electron chi connectivity index (χ0n) is 16.6. The van der Waals surface area contributed by atoms with Crippen LogP contribution in [0.2, 0.25) is 0 Å². The number of nitrogens with two attached hydrogens (primary N) is 1. The van der Waals surface area contributed by atoms with Gasteiger partial charge in [0.1, 0.15) is 0 Å². The zero-order chi connectivity index (χ0) is 20.3. The molecule has 4 rings (SSSR count). The molecule has 1 heterocycles. The van der Waals surface area contributed by atoms with Crippen LogP contribution in [0.3, 0.4) is 0 Å². The Morgan fingerprint density at radius 2 is 1.96 bits per heavy atom. The van der Waals surface area contributed by atoms with E-state index in [2.05, 4.69) is 6.92 Å². The van der Waals surface area contributed by atoms with Crippen LogP contribution in [0, 0.1) is 11.3 Å². The third-order valence-electron chi connectivity index (χ3n) is 6.59. The van der Waals surface area contributed by atoms with Gasteiger partial charge in [-0.15, -0.1) is 0 Å². The molecule has 3 N–H and O–H groups in total. The maximum atomic E-state index is 13.3. The van der Waals surface area contributed by atoms with Gasteiger partial charge in [0.2, 0.25) is 0 Å². The van der Waals surface area contributed by atoms with E-state index in [4.69, 9.17) is 5.73 Å². The van der Waals surface area contributed by atoms with Crippen LogP contribution in [0.25, 0.3) is 0 Å². The lowest BCUT2D eigenvalue weighted by Gasteiger charge is -2.29. The van der Waals surface area contributed by atoms with E-state index in [1.54, 1.807) is 6.07 Å². The smallest absolute Gasteiger partial charge is 0.179 e.